The van der Waals surface area contributed by atoms with E-state index in [1.165, 1.54) is 5.56 Å². The Hall–Kier alpha value is -1.35. The number of carbonyl (C=O) groups excluding carboxylic acids is 1. The summed E-state index contributed by atoms with van der Waals surface area (Å²) >= 11 is 0. The summed E-state index contributed by atoms with van der Waals surface area (Å²) in [5.41, 5.74) is 2.29. The first kappa shape index (κ1) is 14.1. The van der Waals surface area contributed by atoms with Crippen LogP contribution in [0.2, 0.25) is 0 Å². The third kappa shape index (κ3) is 3.35. The smallest absolute Gasteiger partial charge is 0.231 e. The molecule has 2 rings (SSSR count). The van der Waals surface area contributed by atoms with Crippen molar-refractivity contribution in [3.8, 4) is 0 Å². The number of carbonyl (C=O) groups is 1. The number of rotatable bonds is 3. The highest BCUT2D eigenvalue weighted by Crippen LogP contribution is 2.21. The van der Waals surface area contributed by atoms with Gasteiger partial charge in [-0.2, -0.15) is 0 Å². The molecule has 1 aromatic carbocycles. The van der Waals surface area contributed by atoms with Crippen LogP contribution in [0.25, 0.3) is 0 Å². The van der Waals surface area contributed by atoms with Gasteiger partial charge in [-0.3, -0.25) is 4.79 Å². The molecule has 0 aliphatic carbocycles. The molecule has 19 heavy (non-hydrogen) atoms. The van der Waals surface area contributed by atoms with E-state index >= 15 is 0 Å². The largest absolute Gasteiger partial charge is 0.315 e. The van der Waals surface area contributed by atoms with Crippen molar-refractivity contribution in [3.05, 3.63) is 29.8 Å². The van der Waals surface area contributed by atoms with Gasteiger partial charge in [-0.15, -0.1) is 0 Å². The molecular formula is C16H24N2O. The third-order valence-electron chi connectivity index (χ3n) is 4.07. The second-order valence-corrected chi connectivity index (χ2v) is 5.50. The quantitative estimate of drug-likeness (QED) is 0.906. The van der Waals surface area contributed by atoms with E-state index in [1.54, 1.807) is 4.90 Å². The van der Waals surface area contributed by atoms with Gasteiger partial charge in [0.25, 0.3) is 0 Å². The van der Waals surface area contributed by atoms with Gasteiger partial charge in [0.15, 0.2) is 0 Å². The number of piperidine rings is 1. The summed E-state index contributed by atoms with van der Waals surface area (Å²) in [6.45, 7) is 5.12. The fourth-order valence-corrected chi connectivity index (χ4v) is 2.57. The number of amides is 1. The van der Waals surface area contributed by atoms with Crippen LogP contribution in [0.3, 0.4) is 0 Å². The Kier molecular flexibility index (Phi) is 4.59. The van der Waals surface area contributed by atoms with Gasteiger partial charge in [0.2, 0.25) is 5.91 Å². The van der Waals surface area contributed by atoms with E-state index in [9.17, 15) is 4.79 Å². The van der Waals surface area contributed by atoms with Crippen molar-refractivity contribution in [1.29, 1.82) is 0 Å². The molecule has 0 bridgehead atoms. The van der Waals surface area contributed by atoms with Crippen molar-refractivity contribution >= 4 is 11.6 Å². The molecule has 0 radical (unpaired) electrons. The molecule has 2 unspecified atom stereocenters. The summed E-state index contributed by atoms with van der Waals surface area (Å²) in [4.78, 5) is 14.2. The van der Waals surface area contributed by atoms with Crippen molar-refractivity contribution in [1.82, 2.24) is 5.32 Å². The average Bonchev–Trinajstić information content (AvgIpc) is 2.46. The maximum Gasteiger partial charge on any atom is 0.231 e. The number of hydrogen-bond acceptors (Lipinski definition) is 2. The Morgan fingerprint density at radius 1 is 1.32 bits per heavy atom. The first-order chi connectivity index (χ1) is 9.11. The van der Waals surface area contributed by atoms with E-state index in [1.807, 2.05) is 19.2 Å². The molecule has 1 amide bonds. The SMILES string of the molecule is CCc1ccc(N(C)C(=O)C2CCC(C)NC2)cc1. The molecule has 1 aliphatic heterocycles. The minimum atomic E-state index is 0.118. The molecule has 1 aliphatic rings. The molecule has 0 spiro atoms. The van der Waals surface area contributed by atoms with Crippen LogP contribution in [0.4, 0.5) is 5.69 Å². The number of aryl methyl sites for hydroxylation is 1. The van der Waals surface area contributed by atoms with Crippen molar-refractivity contribution in [3.63, 3.8) is 0 Å². The molecule has 1 fully saturated rings. The maximum atomic E-state index is 12.4. The monoisotopic (exact) mass is 260 g/mol. The minimum absolute atomic E-state index is 0.118. The van der Waals surface area contributed by atoms with Gasteiger partial charge in [-0.1, -0.05) is 19.1 Å². The van der Waals surface area contributed by atoms with Gasteiger partial charge < -0.3 is 10.2 Å². The second kappa shape index (κ2) is 6.20. The lowest BCUT2D eigenvalue weighted by Crippen LogP contribution is -2.44. The van der Waals surface area contributed by atoms with Crippen LogP contribution < -0.4 is 10.2 Å². The molecule has 1 heterocycles. The summed E-state index contributed by atoms with van der Waals surface area (Å²) in [5, 5.41) is 3.39. The van der Waals surface area contributed by atoms with Gasteiger partial charge in [0, 0.05) is 25.3 Å². The first-order valence-electron chi connectivity index (χ1n) is 7.21. The highest BCUT2D eigenvalue weighted by molar-refractivity contribution is 5.94. The lowest BCUT2D eigenvalue weighted by atomic mass is 9.94. The van der Waals surface area contributed by atoms with Crippen LogP contribution >= 0.6 is 0 Å². The summed E-state index contributed by atoms with van der Waals surface area (Å²) in [7, 11) is 1.88. The van der Waals surface area contributed by atoms with E-state index in [2.05, 4.69) is 31.3 Å². The molecular weight excluding hydrogens is 236 g/mol. The van der Waals surface area contributed by atoms with E-state index in [0.29, 0.717) is 6.04 Å². The Balaban J connectivity index is 2.01. The van der Waals surface area contributed by atoms with Crippen molar-refractivity contribution in [2.24, 2.45) is 5.92 Å². The van der Waals surface area contributed by atoms with E-state index in [-0.39, 0.29) is 11.8 Å². The summed E-state index contributed by atoms with van der Waals surface area (Å²) in [6.07, 6.45) is 3.10. The highest BCUT2D eigenvalue weighted by atomic mass is 16.2. The predicted octanol–water partition coefficient (Wildman–Crippen LogP) is 2.60. The zero-order valence-corrected chi connectivity index (χ0v) is 12.1. The van der Waals surface area contributed by atoms with Crippen LogP contribution in [0, 0.1) is 5.92 Å². The van der Waals surface area contributed by atoms with Gasteiger partial charge >= 0.3 is 0 Å². The topological polar surface area (TPSA) is 32.3 Å². The van der Waals surface area contributed by atoms with Crippen LogP contribution in [-0.4, -0.2) is 25.5 Å². The van der Waals surface area contributed by atoms with Crippen LogP contribution in [-0.2, 0) is 11.2 Å². The Morgan fingerprint density at radius 2 is 2.00 bits per heavy atom. The molecule has 3 heteroatoms. The standard InChI is InChI=1S/C16H24N2O/c1-4-13-6-9-15(10-7-13)18(3)16(19)14-8-5-12(2)17-11-14/h6-7,9-10,12,14,17H,4-5,8,11H2,1-3H3. The van der Waals surface area contributed by atoms with Gasteiger partial charge in [0.1, 0.15) is 0 Å². The second-order valence-electron chi connectivity index (χ2n) is 5.50. The van der Waals surface area contributed by atoms with E-state index in [4.69, 9.17) is 0 Å². The summed E-state index contributed by atoms with van der Waals surface area (Å²) < 4.78 is 0. The molecule has 1 saturated heterocycles. The zero-order chi connectivity index (χ0) is 13.8. The number of anilines is 1. The lowest BCUT2D eigenvalue weighted by Gasteiger charge is -2.30. The van der Waals surface area contributed by atoms with Crippen LogP contribution in [0.1, 0.15) is 32.3 Å². The molecule has 0 saturated carbocycles. The summed E-state index contributed by atoms with van der Waals surface area (Å²) in [5.74, 6) is 0.343. The number of hydrogen-bond donors (Lipinski definition) is 1. The molecule has 2 atom stereocenters. The molecule has 0 aromatic heterocycles. The first-order valence-corrected chi connectivity index (χ1v) is 7.21. The Morgan fingerprint density at radius 3 is 2.53 bits per heavy atom. The molecule has 104 valence electrons. The fourth-order valence-electron chi connectivity index (χ4n) is 2.57. The average molecular weight is 260 g/mol. The van der Waals surface area contributed by atoms with Crippen LogP contribution in [0.5, 0.6) is 0 Å². The number of nitrogens with one attached hydrogen (secondary N) is 1. The van der Waals surface area contributed by atoms with Crippen molar-refractivity contribution < 1.29 is 4.79 Å². The fraction of sp³-hybridized carbons (Fsp3) is 0.562. The number of nitrogens with zero attached hydrogens (tertiary/aromatic N) is 1. The maximum absolute atomic E-state index is 12.4. The van der Waals surface area contributed by atoms with Crippen molar-refractivity contribution in [2.45, 2.75) is 39.2 Å². The minimum Gasteiger partial charge on any atom is -0.315 e. The highest BCUT2D eigenvalue weighted by Gasteiger charge is 2.26. The molecule has 1 aromatic rings. The van der Waals surface area contributed by atoms with Gasteiger partial charge in [-0.25, -0.2) is 0 Å². The van der Waals surface area contributed by atoms with Gasteiger partial charge in [0.05, 0.1) is 5.92 Å². The molecule has 1 N–H and O–H groups in total. The third-order valence-corrected chi connectivity index (χ3v) is 4.07. The van der Waals surface area contributed by atoms with Gasteiger partial charge in [-0.05, 0) is 43.9 Å². The number of benzene rings is 1. The summed E-state index contributed by atoms with van der Waals surface area (Å²) in [6, 6.07) is 8.81. The lowest BCUT2D eigenvalue weighted by molar-refractivity contribution is -0.122. The zero-order valence-electron chi connectivity index (χ0n) is 12.1. The predicted molar refractivity (Wildman–Crippen MR) is 79.4 cm³/mol. The Bertz CT molecular complexity index is 419. The van der Waals surface area contributed by atoms with Crippen molar-refractivity contribution in [2.75, 3.05) is 18.5 Å². The van der Waals surface area contributed by atoms with E-state index < -0.39 is 0 Å². The van der Waals surface area contributed by atoms with Crippen LogP contribution in [0.15, 0.2) is 24.3 Å². The van der Waals surface area contributed by atoms with E-state index in [0.717, 1.165) is 31.5 Å². The normalized spacial score (nSPS) is 23.1. The Labute approximate surface area is 116 Å². The molecule has 3 nitrogen and oxygen atoms in total.